The summed E-state index contributed by atoms with van der Waals surface area (Å²) < 4.78 is 10.5. The van der Waals surface area contributed by atoms with Crippen LogP contribution in [0.1, 0.15) is 26.7 Å². The smallest absolute Gasteiger partial charge is 0.410 e. The molecular formula is C12H20N2O4. The topological polar surface area (TPSA) is 67.9 Å². The number of rotatable bonds is 4. The van der Waals surface area contributed by atoms with Crippen LogP contribution in [0.4, 0.5) is 4.79 Å². The van der Waals surface area contributed by atoms with Gasteiger partial charge < -0.3 is 19.7 Å². The Balaban J connectivity index is 1.74. The van der Waals surface area contributed by atoms with E-state index in [1.807, 2.05) is 13.8 Å². The first-order valence-corrected chi connectivity index (χ1v) is 6.44. The average Bonchev–Trinajstić information content (AvgIpc) is 2.94. The minimum absolute atomic E-state index is 0.105. The van der Waals surface area contributed by atoms with E-state index in [0.717, 1.165) is 12.8 Å². The fourth-order valence-corrected chi connectivity index (χ4v) is 2.18. The van der Waals surface area contributed by atoms with Gasteiger partial charge in [0, 0.05) is 12.6 Å². The zero-order valence-corrected chi connectivity index (χ0v) is 10.8. The molecule has 6 nitrogen and oxygen atoms in total. The molecule has 0 radical (unpaired) electrons. The molecular weight excluding hydrogens is 236 g/mol. The molecule has 2 amide bonds. The Morgan fingerprint density at radius 3 is 2.89 bits per heavy atom. The van der Waals surface area contributed by atoms with Crippen molar-refractivity contribution in [2.24, 2.45) is 0 Å². The molecule has 2 heterocycles. The highest BCUT2D eigenvalue weighted by Gasteiger charge is 2.33. The Labute approximate surface area is 107 Å². The lowest BCUT2D eigenvalue weighted by Crippen LogP contribution is -2.40. The zero-order chi connectivity index (χ0) is 13.1. The van der Waals surface area contributed by atoms with Crippen molar-refractivity contribution >= 4 is 12.0 Å². The van der Waals surface area contributed by atoms with Gasteiger partial charge in [-0.05, 0) is 26.7 Å². The second-order valence-electron chi connectivity index (χ2n) is 5.00. The minimum atomic E-state index is -0.330. The summed E-state index contributed by atoms with van der Waals surface area (Å²) in [6.45, 7) is 5.41. The van der Waals surface area contributed by atoms with Crippen molar-refractivity contribution in [3.05, 3.63) is 0 Å². The summed E-state index contributed by atoms with van der Waals surface area (Å²) in [5.74, 6) is -0.105. The van der Waals surface area contributed by atoms with Crippen molar-refractivity contribution in [2.45, 2.75) is 44.9 Å². The van der Waals surface area contributed by atoms with E-state index in [1.165, 1.54) is 0 Å². The van der Waals surface area contributed by atoms with Crippen LogP contribution in [-0.2, 0) is 14.3 Å². The highest BCUT2D eigenvalue weighted by atomic mass is 16.6. The van der Waals surface area contributed by atoms with Gasteiger partial charge in [0.05, 0.1) is 13.1 Å². The third-order valence-corrected chi connectivity index (χ3v) is 3.25. The normalized spacial score (nSPS) is 27.7. The predicted octanol–water partition coefficient (Wildman–Crippen LogP) is 0.511. The quantitative estimate of drug-likeness (QED) is 0.796. The SMILES string of the molecule is CC(C)N1CC(CNC(=O)C2CCCO2)OC1=O. The average molecular weight is 256 g/mol. The van der Waals surface area contributed by atoms with E-state index in [2.05, 4.69) is 5.32 Å². The van der Waals surface area contributed by atoms with Crippen LogP contribution in [0.25, 0.3) is 0 Å². The molecule has 0 bridgehead atoms. The van der Waals surface area contributed by atoms with Gasteiger partial charge in [-0.1, -0.05) is 0 Å². The van der Waals surface area contributed by atoms with E-state index in [4.69, 9.17) is 9.47 Å². The summed E-state index contributed by atoms with van der Waals surface area (Å²) in [7, 11) is 0. The van der Waals surface area contributed by atoms with Crippen molar-refractivity contribution in [1.29, 1.82) is 0 Å². The summed E-state index contributed by atoms with van der Waals surface area (Å²) >= 11 is 0. The van der Waals surface area contributed by atoms with E-state index >= 15 is 0 Å². The first-order valence-electron chi connectivity index (χ1n) is 6.44. The molecule has 2 aliphatic heterocycles. The Kier molecular flexibility index (Phi) is 4.06. The third kappa shape index (κ3) is 2.93. The van der Waals surface area contributed by atoms with Gasteiger partial charge in [-0.2, -0.15) is 0 Å². The van der Waals surface area contributed by atoms with Crippen LogP contribution < -0.4 is 5.32 Å². The van der Waals surface area contributed by atoms with Crippen molar-refractivity contribution < 1.29 is 19.1 Å². The molecule has 1 N–H and O–H groups in total. The molecule has 2 rings (SSSR count). The van der Waals surface area contributed by atoms with Crippen molar-refractivity contribution in [3.8, 4) is 0 Å². The molecule has 2 unspecified atom stereocenters. The lowest BCUT2D eigenvalue weighted by molar-refractivity contribution is -0.130. The Morgan fingerprint density at radius 1 is 1.56 bits per heavy atom. The lowest BCUT2D eigenvalue weighted by atomic mass is 10.2. The van der Waals surface area contributed by atoms with Gasteiger partial charge in [-0.3, -0.25) is 4.79 Å². The zero-order valence-electron chi connectivity index (χ0n) is 10.8. The first kappa shape index (κ1) is 13.1. The Hall–Kier alpha value is -1.30. The molecule has 18 heavy (non-hydrogen) atoms. The van der Waals surface area contributed by atoms with Gasteiger partial charge >= 0.3 is 6.09 Å². The van der Waals surface area contributed by atoms with Crippen LogP contribution >= 0.6 is 0 Å². The highest BCUT2D eigenvalue weighted by molar-refractivity contribution is 5.81. The summed E-state index contributed by atoms with van der Waals surface area (Å²) in [5, 5.41) is 2.78. The number of hydrogen-bond acceptors (Lipinski definition) is 4. The number of nitrogens with zero attached hydrogens (tertiary/aromatic N) is 1. The maximum Gasteiger partial charge on any atom is 0.410 e. The van der Waals surface area contributed by atoms with E-state index in [-0.39, 0.29) is 30.3 Å². The fourth-order valence-electron chi connectivity index (χ4n) is 2.18. The second kappa shape index (κ2) is 5.56. The standard InChI is InChI=1S/C12H20N2O4/c1-8(2)14-7-9(18-12(14)16)6-13-11(15)10-4-3-5-17-10/h8-10H,3-7H2,1-2H3,(H,13,15). The number of ether oxygens (including phenoxy) is 2. The van der Waals surface area contributed by atoms with Gasteiger partial charge in [-0.25, -0.2) is 4.79 Å². The molecule has 2 aliphatic rings. The van der Waals surface area contributed by atoms with E-state index < -0.39 is 0 Å². The minimum Gasteiger partial charge on any atom is -0.442 e. The Bertz CT molecular complexity index is 326. The highest BCUT2D eigenvalue weighted by Crippen LogP contribution is 2.15. The predicted molar refractivity (Wildman–Crippen MR) is 64.1 cm³/mol. The number of amides is 2. The molecule has 6 heteroatoms. The van der Waals surface area contributed by atoms with Crippen LogP contribution in [0.5, 0.6) is 0 Å². The molecule has 0 aliphatic carbocycles. The van der Waals surface area contributed by atoms with Crippen LogP contribution in [0.15, 0.2) is 0 Å². The van der Waals surface area contributed by atoms with Gasteiger partial charge in [0.25, 0.3) is 0 Å². The van der Waals surface area contributed by atoms with Crippen molar-refractivity contribution in [2.75, 3.05) is 19.7 Å². The summed E-state index contributed by atoms with van der Waals surface area (Å²) in [5.41, 5.74) is 0. The molecule has 0 saturated carbocycles. The molecule has 2 atom stereocenters. The van der Waals surface area contributed by atoms with Gasteiger partial charge in [0.15, 0.2) is 0 Å². The lowest BCUT2D eigenvalue weighted by Gasteiger charge is -2.17. The summed E-state index contributed by atoms with van der Waals surface area (Å²) in [4.78, 5) is 24.9. The Morgan fingerprint density at radius 2 is 2.33 bits per heavy atom. The molecule has 0 aromatic rings. The number of hydrogen-bond donors (Lipinski definition) is 1. The van der Waals surface area contributed by atoms with Crippen LogP contribution in [-0.4, -0.2) is 54.8 Å². The van der Waals surface area contributed by atoms with Crippen molar-refractivity contribution in [1.82, 2.24) is 10.2 Å². The van der Waals surface area contributed by atoms with Gasteiger partial charge in [0.1, 0.15) is 12.2 Å². The largest absolute Gasteiger partial charge is 0.442 e. The van der Waals surface area contributed by atoms with Gasteiger partial charge in [-0.15, -0.1) is 0 Å². The van der Waals surface area contributed by atoms with E-state index in [9.17, 15) is 9.59 Å². The number of cyclic esters (lactones) is 1. The molecule has 0 spiro atoms. The molecule has 2 fully saturated rings. The number of carbonyl (C=O) groups is 2. The van der Waals surface area contributed by atoms with Crippen LogP contribution in [0.3, 0.4) is 0 Å². The first-order chi connectivity index (χ1) is 8.58. The monoisotopic (exact) mass is 256 g/mol. The van der Waals surface area contributed by atoms with Gasteiger partial charge in [0.2, 0.25) is 5.91 Å². The van der Waals surface area contributed by atoms with E-state index in [0.29, 0.717) is 19.7 Å². The fraction of sp³-hybridized carbons (Fsp3) is 0.833. The van der Waals surface area contributed by atoms with Crippen LogP contribution in [0.2, 0.25) is 0 Å². The third-order valence-electron chi connectivity index (χ3n) is 3.25. The maximum atomic E-state index is 11.7. The molecule has 0 aromatic heterocycles. The summed E-state index contributed by atoms with van der Waals surface area (Å²) in [6.07, 6.45) is 0.807. The number of nitrogens with one attached hydrogen (secondary N) is 1. The van der Waals surface area contributed by atoms with E-state index in [1.54, 1.807) is 4.90 Å². The molecule has 102 valence electrons. The summed E-state index contributed by atoms with van der Waals surface area (Å²) in [6, 6.07) is 0.122. The second-order valence-corrected chi connectivity index (χ2v) is 5.00. The molecule has 2 saturated heterocycles. The number of carbonyl (C=O) groups excluding carboxylic acids is 2. The van der Waals surface area contributed by atoms with Crippen molar-refractivity contribution in [3.63, 3.8) is 0 Å². The van der Waals surface area contributed by atoms with Crippen LogP contribution in [0, 0.1) is 0 Å². The maximum absolute atomic E-state index is 11.7. The molecule has 0 aromatic carbocycles.